The minimum absolute atomic E-state index is 0.0572. The van der Waals surface area contributed by atoms with Gasteiger partial charge in [-0.1, -0.05) is 25.7 Å². The summed E-state index contributed by atoms with van der Waals surface area (Å²) in [5.41, 5.74) is -0.672. The fourth-order valence-corrected chi connectivity index (χ4v) is 4.17. The van der Waals surface area contributed by atoms with Crippen LogP contribution in [-0.4, -0.2) is 47.6 Å². The van der Waals surface area contributed by atoms with E-state index in [2.05, 4.69) is 21.3 Å². The predicted molar refractivity (Wildman–Crippen MR) is 91.4 cm³/mol. The maximum Gasteiger partial charge on any atom is 0.235 e. The van der Waals surface area contributed by atoms with Crippen molar-refractivity contribution in [2.75, 3.05) is 26.2 Å². The van der Waals surface area contributed by atoms with Crippen molar-refractivity contribution in [3.63, 3.8) is 0 Å². The number of ether oxygens (including phenoxy) is 1. The first kappa shape index (κ1) is 17.3. The largest absolute Gasteiger partial charge is 0.368 e. The van der Waals surface area contributed by atoms with Gasteiger partial charge < -0.3 is 10.1 Å². The molecule has 0 aromatic carbocycles. The second-order valence-corrected chi connectivity index (χ2v) is 7.55. The first-order valence-electron chi connectivity index (χ1n) is 8.66. The third-order valence-electron chi connectivity index (χ3n) is 4.79. The minimum Gasteiger partial charge on any atom is -0.368 e. The number of amides is 1. The molecule has 1 atom stereocenters. The fourth-order valence-electron chi connectivity index (χ4n) is 3.50. The van der Waals surface area contributed by atoms with Gasteiger partial charge in [0.15, 0.2) is 0 Å². The van der Waals surface area contributed by atoms with Gasteiger partial charge in [0.25, 0.3) is 0 Å². The summed E-state index contributed by atoms with van der Waals surface area (Å²) in [4.78, 5) is 18.9. The van der Waals surface area contributed by atoms with Crippen LogP contribution in [0.3, 0.4) is 0 Å². The van der Waals surface area contributed by atoms with E-state index < -0.39 is 5.54 Å². The van der Waals surface area contributed by atoms with E-state index in [0.717, 1.165) is 50.1 Å². The molecule has 7 heteroatoms. The Bertz CT molecular complexity index is 576. The summed E-state index contributed by atoms with van der Waals surface area (Å²) in [6.07, 6.45) is 7.57. The zero-order chi connectivity index (χ0) is 16.8. The summed E-state index contributed by atoms with van der Waals surface area (Å²) in [7, 11) is 0. The number of morpholine rings is 1. The van der Waals surface area contributed by atoms with Crippen LogP contribution in [0.5, 0.6) is 0 Å². The topological polar surface area (TPSA) is 78.2 Å². The molecule has 1 aromatic heterocycles. The van der Waals surface area contributed by atoms with Gasteiger partial charge in [0.1, 0.15) is 16.7 Å². The lowest BCUT2D eigenvalue weighted by atomic mass is 9.92. The molecule has 130 valence electrons. The van der Waals surface area contributed by atoms with Crippen molar-refractivity contribution >= 4 is 17.2 Å². The molecular weight excluding hydrogens is 324 g/mol. The van der Waals surface area contributed by atoms with Gasteiger partial charge in [-0.15, -0.1) is 11.3 Å². The number of carbonyl (C=O) groups is 1. The molecule has 1 aliphatic heterocycles. The molecule has 24 heavy (non-hydrogen) atoms. The number of hydrogen-bond donors (Lipinski definition) is 1. The highest BCUT2D eigenvalue weighted by Gasteiger charge is 2.33. The van der Waals surface area contributed by atoms with Gasteiger partial charge in [0.05, 0.1) is 19.2 Å². The van der Waals surface area contributed by atoms with Gasteiger partial charge in [0, 0.05) is 24.7 Å². The molecule has 1 saturated carbocycles. The van der Waals surface area contributed by atoms with Gasteiger partial charge in [-0.25, -0.2) is 4.98 Å². The van der Waals surface area contributed by atoms with Crippen LogP contribution in [0.4, 0.5) is 0 Å². The second kappa shape index (κ2) is 8.06. The standard InChI is InChI=1S/C17H24N4O2S/c18-13-17(5-3-1-2-4-6-17)20-15(22)12-21-8-9-23-14(11-21)16-19-7-10-24-16/h7,10,14H,1-6,8-9,11-12H2,(H,20,22)/t14-/m0/s1. The predicted octanol–water partition coefficient (Wildman–Crippen LogP) is 2.25. The highest BCUT2D eigenvalue weighted by Crippen LogP contribution is 2.27. The first-order valence-corrected chi connectivity index (χ1v) is 9.54. The molecule has 0 radical (unpaired) electrons. The summed E-state index contributed by atoms with van der Waals surface area (Å²) in [6, 6.07) is 2.37. The molecule has 6 nitrogen and oxygen atoms in total. The lowest BCUT2D eigenvalue weighted by Crippen LogP contribution is -2.52. The van der Waals surface area contributed by atoms with Crippen LogP contribution in [0, 0.1) is 11.3 Å². The van der Waals surface area contributed by atoms with E-state index in [1.807, 2.05) is 5.38 Å². The molecule has 0 spiro atoms. The van der Waals surface area contributed by atoms with E-state index >= 15 is 0 Å². The molecule has 1 amide bonds. The summed E-state index contributed by atoms with van der Waals surface area (Å²) in [5.74, 6) is -0.0572. The van der Waals surface area contributed by atoms with Crippen LogP contribution in [0.1, 0.15) is 49.6 Å². The van der Waals surface area contributed by atoms with E-state index in [9.17, 15) is 10.1 Å². The number of nitrogens with one attached hydrogen (secondary N) is 1. The van der Waals surface area contributed by atoms with Gasteiger partial charge in [0.2, 0.25) is 5.91 Å². The van der Waals surface area contributed by atoms with Crippen molar-refractivity contribution in [1.82, 2.24) is 15.2 Å². The zero-order valence-corrected chi connectivity index (χ0v) is 14.7. The molecule has 0 unspecified atom stereocenters. The molecule has 1 N–H and O–H groups in total. The van der Waals surface area contributed by atoms with Crippen LogP contribution >= 0.6 is 11.3 Å². The lowest BCUT2D eigenvalue weighted by Gasteiger charge is -2.33. The normalized spacial score (nSPS) is 24.7. The van der Waals surface area contributed by atoms with Gasteiger partial charge in [-0.2, -0.15) is 5.26 Å². The number of thiazole rings is 1. The smallest absolute Gasteiger partial charge is 0.235 e. The summed E-state index contributed by atoms with van der Waals surface area (Å²) >= 11 is 1.58. The Morgan fingerprint density at radius 2 is 2.25 bits per heavy atom. The van der Waals surface area contributed by atoms with Crippen LogP contribution < -0.4 is 5.32 Å². The zero-order valence-electron chi connectivity index (χ0n) is 13.9. The minimum atomic E-state index is -0.672. The first-order chi connectivity index (χ1) is 11.7. The molecule has 1 aliphatic carbocycles. The van der Waals surface area contributed by atoms with Crippen molar-refractivity contribution in [1.29, 1.82) is 5.26 Å². The molecule has 2 fully saturated rings. The third-order valence-corrected chi connectivity index (χ3v) is 5.66. The number of nitrogens with zero attached hydrogens (tertiary/aromatic N) is 3. The highest BCUT2D eigenvalue weighted by atomic mass is 32.1. The van der Waals surface area contributed by atoms with Gasteiger partial charge >= 0.3 is 0 Å². The van der Waals surface area contributed by atoms with Crippen molar-refractivity contribution in [3.8, 4) is 6.07 Å². The van der Waals surface area contributed by atoms with Crippen molar-refractivity contribution in [2.24, 2.45) is 0 Å². The molecule has 2 aliphatic rings. The average molecular weight is 348 g/mol. The number of nitriles is 1. The molecule has 1 saturated heterocycles. The fraction of sp³-hybridized carbons (Fsp3) is 0.706. The van der Waals surface area contributed by atoms with Crippen LogP contribution in [0.25, 0.3) is 0 Å². The Hall–Kier alpha value is -1.49. The second-order valence-electron chi connectivity index (χ2n) is 6.62. The third kappa shape index (κ3) is 4.32. The van der Waals surface area contributed by atoms with E-state index in [4.69, 9.17) is 4.74 Å². The Balaban J connectivity index is 1.55. The van der Waals surface area contributed by atoms with Crippen LogP contribution in [0.2, 0.25) is 0 Å². The van der Waals surface area contributed by atoms with Crippen molar-refractivity contribution in [2.45, 2.75) is 50.2 Å². The maximum atomic E-state index is 12.5. The van der Waals surface area contributed by atoms with E-state index in [1.54, 1.807) is 17.5 Å². The molecule has 2 heterocycles. The quantitative estimate of drug-likeness (QED) is 0.845. The Labute approximate surface area is 146 Å². The van der Waals surface area contributed by atoms with E-state index in [-0.39, 0.29) is 12.0 Å². The molecule has 1 aromatic rings. The number of rotatable bonds is 4. The SMILES string of the molecule is N#CC1(NC(=O)CN2CCO[C@H](c3nccs3)C2)CCCCCC1. The van der Waals surface area contributed by atoms with Gasteiger partial charge in [-0.3, -0.25) is 9.69 Å². The summed E-state index contributed by atoms with van der Waals surface area (Å²) < 4.78 is 5.76. The molecule has 3 rings (SSSR count). The van der Waals surface area contributed by atoms with Crippen molar-refractivity contribution in [3.05, 3.63) is 16.6 Å². The lowest BCUT2D eigenvalue weighted by molar-refractivity contribution is -0.125. The Kier molecular flexibility index (Phi) is 5.82. The summed E-state index contributed by atoms with van der Waals surface area (Å²) in [6.45, 7) is 2.31. The Morgan fingerprint density at radius 3 is 2.92 bits per heavy atom. The number of aromatic nitrogens is 1. The van der Waals surface area contributed by atoms with E-state index in [0.29, 0.717) is 19.7 Å². The van der Waals surface area contributed by atoms with Gasteiger partial charge in [-0.05, 0) is 12.8 Å². The summed E-state index contributed by atoms with van der Waals surface area (Å²) in [5, 5.41) is 15.5. The number of carbonyl (C=O) groups excluding carboxylic acids is 1. The highest BCUT2D eigenvalue weighted by molar-refractivity contribution is 7.09. The molecule has 0 bridgehead atoms. The average Bonchev–Trinajstić information content (AvgIpc) is 3.03. The monoisotopic (exact) mass is 348 g/mol. The van der Waals surface area contributed by atoms with Crippen molar-refractivity contribution < 1.29 is 9.53 Å². The number of hydrogen-bond acceptors (Lipinski definition) is 6. The maximum absolute atomic E-state index is 12.5. The van der Waals surface area contributed by atoms with Crippen LogP contribution in [0.15, 0.2) is 11.6 Å². The van der Waals surface area contributed by atoms with Crippen LogP contribution in [-0.2, 0) is 9.53 Å². The van der Waals surface area contributed by atoms with E-state index in [1.165, 1.54) is 0 Å². The molecular formula is C17H24N4O2S. The Morgan fingerprint density at radius 1 is 1.46 bits per heavy atom.